The average molecular weight is 242 g/mol. The van der Waals surface area contributed by atoms with Gasteiger partial charge < -0.3 is 15.7 Å². The highest BCUT2D eigenvalue weighted by molar-refractivity contribution is 5.76. The van der Waals surface area contributed by atoms with Crippen LogP contribution < -0.4 is 10.6 Å². The van der Waals surface area contributed by atoms with Crippen molar-refractivity contribution >= 4 is 5.91 Å². The van der Waals surface area contributed by atoms with Crippen LogP contribution in [0.25, 0.3) is 0 Å². The second-order valence-electron chi connectivity index (χ2n) is 3.73. The summed E-state index contributed by atoms with van der Waals surface area (Å²) >= 11 is 0. The van der Waals surface area contributed by atoms with Gasteiger partial charge in [-0.2, -0.15) is 13.2 Å². The third-order valence-electron chi connectivity index (χ3n) is 1.69. The van der Waals surface area contributed by atoms with Crippen LogP contribution >= 0.6 is 0 Å². The van der Waals surface area contributed by atoms with Gasteiger partial charge in [0, 0.05) is 25.6 Å². The van der Waals surface area contributed by atoms with Crippen LogP contribution in [0.4, 0.5) is 13.2 Å². The first-order chi connectivity index (χ1) is 7.23. The molecule has 0 spiro atoms. The van der Waals surface area contributed by atoms with Gasteiger partial charge in [-0.15, -0.1) is 0 Å². The number of carbonyl (C=O) groups excluding carboxylic acids is 1. The zero-order chi connectivity index (χ0) is 12.8. The van der Waals surface area contributed by atoms with E-state index in [9.17, 15) is 18.0 Å². The Morgan fingerprint density at radius 1 is 1.38 bits per heavy atom. The second kappa shape index (κ2) is 6.70. The Hall–Kier alpha value is -0.820. The molecular formula is C9H17F3N2O2. The molecule has 1 unspecified atom stereocenters. The van der Waals surface area contributed by atoms with Crippen LogP contribution in [-0.2, 0) is 4.79 Å². The molecule has 1 amide bonds. The molecule has 1 atom stereocenters. The van der Waals surface area contributed by atoms with Gasteiger partial charge in [0.05, 0.1) is 0 Å². The molecule has 0 fully saturated rings. The number of halogens is 3. The monoisotopic (exact) mass is 242 g/mol. The van der Waals surface area contributed by atoms with Gasteiger partial charge >= 0.3 is 6.18 Å². The highest BCUT2D eigenvalue weighted by atomic mass is 19.4. The average Bonchev–Trinajstić information content (AvgIpc) is 2.09. The molecule has 0 aliphatic heterocycles. The van der Waals surface area contributed by atoms with E-state index in [1.165, 1.54) is 0 Å². The molecule has 0 saturated carbocycles. The van der Waals surface area contributed by atoms with Crippen molar-refractivity contribution in [1.29, 1.82) is 0 Å². The fourth-order valence-electron chi connectivity index (χ4n) is 0.951. The van der Waals surface area contributed by atoms with Gasteiger partial charge in [-0.3, -0.25) is 4.79 Å². The van der Waals surface area contributed by atoms with Gasteiger partial charge in [-0.25, -0.2) is 0 Å². The quantitative estimate of drug-likeness (QED) is 0.591. The van der Waals surface area contributed by atoms with Crippen LogP contribution in [0.2, 0.25) is 0 Å². The van der Waals surface area contributed by atoms with Gasteiger partial charge in [-0.05, 0) is 13.8 Å². The van der Waals surface area contributed by atoms with Gasteiger partial charge in [0.1, 0.15) is 0 Å². The molecule has 0 aliphatic rings. The van der Waals surface area contributed by atoms with E-state index in [0.717, 1.165) is 0 Å². The maximum Gasteiger partial charge on any atom is 0.415 e. The highest BCUT2D eigenvalue weighted by Crippen LogP contribution is 2.18. The molecule has 3 N–H and O–H groups in total. The Bertz CT molecular complexity index is 219. The van der Waals surface area contributed by atoms with Crippen molar-refractivity contribution in [3.05, 3.63) is 0 Å². The summed E-state index contributed by atoms with van der Waals surface area (Å²) in [6.07, 6.45) is -6.92. The van der Waals surface area contributed by atoms with Gasteiger partial charge in [-0.1, -0.05) is 0 Å². The van der Waals surface area contributed by atoms with Crippen molar-refractivity contribution in [2.75, 3.05) is 13.1 Å². The number of alkyl halides is 3. The lowest BCUT2D eigenvalue weighted by Crippen LogP contribution is -2.40. The van der Waals surface area contributed by atoms with Crippen LogP contribution in [0.15, 0.2) is 0 Å². The minimum Gasteiger partial charge on any atom is -0.382 e. The minimum absolute atomic E-state index is 0.00765. The standard InChI is InChI=1S/C9H17F3N2O2/c1-6(2)14-8(16)3-4-13-5-7(15)9(10,11)12/h6-7,13,15H,3-5H2,1-2H3,(H,14,16). The summed E-state index contributed by atoms with van der Waals surface area (Å²) in [5.74, 6) is -0.232. The summed E-state index contributed by atoms with van der Waals surface area (Å²) in [4.78, 5) is 11.1. The summed E-state index contributed by atoms with van der Waals surface area (Å²) in [5.41, 5.74) is 0. The predicted octanol–water partition coefficient (Wildman–Crippen LogP) is 0.414. The Labute approximate surface area is 92.2 Å². The van der Waals surface area contributed by atoms with Gasteiger partial charge in [0.2, 0.25) is 5.91 Å². The van der Waals surface area contributed by atoms with Crippen LogP contribution in [0.1, 0.15) is 20.3 Å². The van der Waals surface area contributed by atoms with Crippen LogP contribution in [0.5, 0.6) is 0 Å². The summed E-state index contributed by atoms with van der Waals surface area (Å²) in [5, 5.41) is 13.6. The van der Waals surface area contributed by atoms with E-state index in [1.54, 1.807) is 13.8 Å². The van der Waals surface area contributed by atoms with Crippen LogP contribution in [0.3, 0.4) is 0 Å². The van der Waals surface area contributed by atoms with Crippen molar-refractivity contribution < 1.29 is 23.1 Å². The number of hydrogen-bond acceptors (Lipinski definition) is 3. The molecule has 0 heterocycles. The molecule has 0 saturated heterocycles. The van der Waals surface area contributed by atoms with E-state index in [0.29, 0.717) is 0 Å². The molecule has 16 heavy (non-hydrogen) atoms. The number of aliphatic hydroxyl groups excluding tert-OH is 1. The largest absolute Gasteiger partial charge is 0.415 e. The lowest BCUT2D eigenvalue weighted by Gasteiger charge is -2.15. The van der Waals surface area contributed by atoms with Crippen LogP contribution in [0, 0.1) is 0 Å². The first-order valence-corrected chi connectivity index (χ1v) is 4.98. The number of hydrogen-bond donors (Lipinski definition) is 3. The predicted molar refractivity (Wildman–Crippen MR) is 52.8 cm³/mol. The van der Waals surface area contributed by atoms with E-state index in [2.05, 4.69) is 10.6 Å². The van der Waals surface area contributed by atoms with Crippen molar-refractivity contribution in [3.8, 4) is 0 Å². The van der Waals surface area contributed by atoms with Crippen molar-refractivity contribution in [3.63, 3.8) is 0 Å². The summed E-state index contributed by atoms with van der Waals surface area (Å²) in [6.45, 7) is 3.08. The lowest BCUT2D eigenvalue weighted by atomic mass is 10.3. The maximum absolute atomic E-state index is 11.8. The van der Waals surface area contributed by atoms with Crippen molar-refractivity contribution in [2.24, 2.45) is 0 Å². The van der Waals surface area contributed by atoms with E-state index >= 15 is 0 Å². The molecule has 0 rings (SSSR count). The van der Waals surface area contributed by atoms with Gasteiger partial charge in [0.15, 0.2) is 6.10 Å². The Kier molecular flexibility index (Phi) is 6.35. The number of carbonyl (C=O) groups is 1. The highest BCUT2D eigenvalue weighted by Gasteiger charge is 2.37. The Morgan fingerprint density at radius 3 is 2.38 bits per heavy atom. The number of rotatable bonds is 6. The molecule has 0 aromatic rings. The fraction of sp³-hybridized carbons (Fsp3) is 0.889. The SMILES string of the molecule is CC(C)NC(=O)CCNCC(O)C(F)(F)F. The minimum atomic E-state index is -4.62. The van der Waals surface area contributed by atoms with Crippen molar-refractivity contribution in [2.45, 2.75) is 38.6 Å². The Morgan fingerprint density at radius 2 is 1.94 bits per heavy atom. The number of nitrogens with one attached hydrogen (secondary N) is 2. The molecule has 0 aromatic carbocycles. The maximum atomic E-state index is 11.8. The Balaban J connectivity index is 3.57. The molecular weight excluding hydrogens is 225 g/mol. The first kappa shape index (κ1) is 15.2. The van der Waals surface area contributed by atoms with Gasteiger partial charge in [0.25, 0.3) is 0 Å². The molecule has 7 heteroatoms. The summed E-state index contributed by atoms with van der Waals surface area (Å²) in [7, 11) is 0. The zero-order valence-corrected chi connectivity index (χ0v) is 9.27. The molecule has 0 aliphatic carbocycles. The molecule has 0 aromatic heterocycles. The van der Waals surface area contributed by atoms with E-state index < -0.39 is 18.8 Å². The molecule has 0 radical (unpaired) electrons. The fourth-order valence-corrected chi connectivity index (χ4v) is 0.951. The number of amides is 1. The van der Waals surface area contributed by atoms with E-state index in [1.807, 2.05) is 0 Å². The second-order valence-corrected chi connectivity index (χ2v) is 3.73. The van der Waals surface area contributed by atoms with E-state index in [4.69, 9.17) is 5.11 Å². The van der Waals surface area contributed by atoms with Crippen LogP contribution in [-0.4, -0.2) is 42.4 Å². The summed E-state index contributed by atoms with van der Waals surface area (Å²) in [6, 6.07) is 0.00765. The van der Waals surface area contributed by atoms with Crippen molar-refractivity contribution in [1.82, 2.24) is 10.6 Å². The summed E-state index contributed by atoms with van der Waals surface area (Å²) < 4.78 is 35.5. The molecule has 4 nitrogen and oxygen atoms in total. The normalized spacial score (nSPS) is 13.9. The number of aliphatic hydroxyl groups is 1. The molecule has 96 valence electrons. The third-order valence-corrected chi connectivity index (χ3v) is 1.69. The third kappa shape index (κ3) is 7.47. The lowest BCUT2D eigenvalue weighted by molar-refractivity contribution is -0.201. The molecule has 0 bridgehead atoms. The zero-order valence-electron chi connectivity index (χ0n) is 9.27. The van der Waals surface area contributed by atoms with E-state index in [-0.39, 0.29) is 24.9 Å². The smallest absolute Gasteiger partial charge is 0.382 e. The first-order valence-electron chi connectivity index (χ1n) is 4.98. The topological polar surface area (TPSA) is 61.4 Å².